The van der Waals surface area contributed by atoms with Crippen molar-refractivity contribution in [2.45, 2.75) is 63.2 Å². The van der Waals surface area contributed by atoms with Crippen molar-refractivity contribution in [1.82, 2.24) is 15.5 Å². The van der Waals surface area contributed by atoms with Gasteiger partial charge in [-0.2, -0.15) is 0 Å². The van der Waals surface area contributed by atoms with Crippen molar-refractivity contribution < 1.29 is 9.59 Å². The van der Waals surface area contributed by atoms with Gasteiger partial charge in [0.1, 0.15) is 5.54 Å². The molecule has 94 valence electrons. The van der Waals surface area contributed by atoms with E-state index in [1.54, 1.807) is 0 Å². The second-order valence-electron chi connectivity index (χ2n) is 5.73. The molecule has 0 aromatic heterocycles. The van der Waals surface area contributed by atoms with E-state index in [1.165, 1.54) is 0 Å². The SMILES string of the molecule is CC(C)N1[C@@H]2CCC[C@H]1[C@]1(C2)NC(=O)NC1=O. The van der Waals surface area contributed by atoms with Crippen LogP contribution in [-0.4, -0.2) is 40.5 Å². The van der Waals surface area contributed by atoms with Crippen molar-refractivity contribution in [2.24, 2.45) is 0 Å². The number of nitrogens with one attached hydrogen (secondary N) is 2. The third kappa shape index (κ3) is 1.35. The molecule has 5 heteroatoms. The van der Waals surface area contributed by atoms with Gasteiger partial charge >= 0.3 is 6.03 Å². The van der Waals surface area contributed by atoms with Crippen molar-refractivity contribution in [1.29, 1.82) is 0 Å². The fraction of sp³-hybridized carbons (Fsp3) is 0.833. The number of imide groups is 1. The average Bonchev–Trinajstić information content (AvgIpc) is 2.62. The molecule has 0 unspecified atom stereocenters. The van der Waals surface area contributed by atoms with Crippen molar-refractivity contribution in [3.8, 4) is 0 Å². The first-order valence-corrected chi connectivity index (χ1v) is 6.45. The van der Waals surface area contributed by atoms with E-state index in [2.05, 4.69) is 29.4 Å². The van der Waals surface area contributed by atoms with Crippen LogP contribution in [0.15, 0.2) is 0 Å². The number of urea groups is 1. The molecule has 3 atom stereocenters. The molecule has 3 saturated heterocycles. The highest BCUT2D eigenvalue weighted by Gasteiger charge is 2.61. The van der Waals surface area contributed by atoms with E-state index in [4.69, 9.17) is 0 Å². The van der Waals surface area contributed by atoms with Gasteiger partial charge in [0.15, 0.2) is 0 Å². The molecule has 2 N–H and O–H groups in total. The Labute approximate surface area is 101 Å². The Kier molecular flexibility index (Phi) is 2.23. The quantitative estimate of drug-likeness (QED) is 0.656. The van der Waals surface area contributed by atoms with Crippen LogP contribution in [0.2, 0.25) is 0 Å². The molecule has 0 aromatic rings. The second-order valence-corrected chi connectivity index (χ2v) is 5.73. The minimum atomic E-state index is -0.650. The Bertz CT molecular complexity index is 382. The van der Waals surface area contributed by atoms with Gasteiger partial charge in [-0.05, 0) is 33.1 Å². The number of carbonyl (C=O) groups is 2. The first-order chi connectivity index (χ1) is 8.04. The monoisotopic (exact) mass is 237 g/mol. The Morgan fingerprint density at radius 1 is 1.35 bits per heavy atom. The van der Waals surface area contributed by atoms with E-state index in [1.807, 2.05) is 0 Å². The summed E-state index contributed by atoms with van der Waals surface area (Å²) in [5.74, 6) is -0.123. The van der Waals surface area contributed by atoms with E-state index in [0.717, 1.165) is 25.7 Å². The third-order valence-electron chi connectivity index (χ3n) is 4.49. The number of carbonyl (C=O) groups excluding carboxylic acids is 2. The molecule has 0 aliphatic carbocycles. The smallest absolute Gasteiger partial charge is 0.322 e. The molecule has 1 spiro atoms. The summed E-state index contributed by atoms with van der Waals surface area (Å²) in [6, 6.07) is 0.715. The molecule has 3 aliphatic rings. The van der Waals surface area contributed by atoms with Crippen molar-refractivity contribution in [3.63, 3.8) is 0 Å². The minimum absolute atomic E-state index is 0.123. The highest BCUT2D eigenvalue weighted by atomic mass is 16.2. The molecule has 3 heterocycles. The number of piperidine rings is 1. The molecule has 5 nitrogen and oxygen atoms in total. The summed E-state index contributed by atoms with van der Waals surface area (Å²) >= 11 is 0. The maximum Gasteiger partial charge on any atom is 0.322 e. The molecule has 17 heavy (non-hydrogen) atoms. The third-order valence-corrected chi connectivity index (χ3v) is 4.49. The van der Waals surface area contributed by atoms with Gasteiger partial charge in [0.25, 0.3) is 5.91 Å². The van der Waals surface area contributed by atoms with Crippen LogP contribution in [0.4, 0.5) is 4.79 Å². The van der Waals surface area contributed by atoms with Gasteiger partial charge in [0, 0.05) is 18.1 Å². The number of hydrogen-bond acceptors (Lipinski definition) is 3. The van der Waals surface area contributed by atoms with Crippen LogP contribution in [-0.2, 0) is 4.79 Å². The van der Waals surface area contributed by atoms with E-state index in [0.29, 0.717) is 12.1 Å². The van der Waals surface area contributed by atoms with E-state index < -0.39 is 5.54 Å². The zero-order valence-electron chi connectivity index (χ0n) is 10.3. The first kappa shape index (κ1) is 11.0. The number of hydrogen-bond donors (Lipinski definition) is 2. The Hall–Kier alpha value is -1.10. The average molecular weight is 237 g/mol. The summed E-state index contributed by atoms with van der Waals surface area (Å²) in [4.78, 5) is 25.9. The largest absolute Gasteiger partial charge is 0.322 e. The predicted octanol–water partition coefficient (Wildman–Crippen LogP) is 0.600. The van der Waals surface area contributed by atoms with Gasteiger partial charge in [-0.25, -0.2) is 4.79 Å². The molecule has 0 saturated carbocycles. The zero-order chi connectivity index (χ0) is 12.2. The molecule has 2 bridgehead atoms. The molecule has 0 aromatic carbocycles. The van der Waals surface area contributed by atoms with Crippen LogP contribution < -0.4 is 10.6 Å². The lowest BCUT2D eigenvalue weighted by molar-refractivity contribution is -0.125. The second kappa shape index (κ2) is 3.45. The topological polar surface area (TPSA) is 61.4 Å². The minimum Gasteiger partial charge on any atom is -0.322 e. The molecular weight excluding hydrogens is 218 g/mol. The lowest BCUT2D eigenvalue weighted by atomic mass is 9.88. The maximum absolute atomic E-state index is 12.1. The summed E-state index contributed by atoms with van der Waals surface area (Å²) < 4.78 is 0. The van der Waals surface area contributed by atoms with Gasteiger partial charge in [0.2, 0.25) is 0 Å². The zero-order valence-corrected chi connectivity index (χ0v) is 10.3. The van der Waals surface area contributed by atoms with E-state index in [-0.39, 0.29) is 18.0 Å². The van der Waals surface area contributed by atoms with Crippen molar-refractivity contribution in [2.75, 3.05) is 0 Å². The van der Waals surface area contributed by atoms with Crippen LogP contribution >= 0.6 is 0 Å². The van der Waals surface area contributed by atoms with Gasteiger partial charge < -0.3 is 5.32 Å². The fourth-order valence-corrected chi connectivity index (χ4v) is 3.98. The van der Waals surface area contributed by atoms with Crippen LogP contribution in [0.1, 0.15) is 39.5 Å². The van der Waals surface area contributed by atoms with Gasteiger partial charge in [-0.3, -0.25) is 15.0 Å². The molecule has 3 aliphatic heterocycles. The van der Waals surface area contributed by atoms with Crippen molar-refractivity contribution in [3.05, 3.63) is 0 Å². The normalized spacial score (nSPS) is 41.1. The number of amides is 3. The number of rotatable bonds is 1. The van der Waals surface area contributed by atoms with Crippen LogP contribution in [0.25, 0.3) is 0 Å². The highest BCUT2D eigenvalue weighted by molar-refractivity contribution is 6.07. The summed E-state index contributed by atoms with van der Waals surface area (Å²) in [5.41, 5.74) is -0.650. The summed E-state index contributed by atoms with van der Waals surface area (Å²) in [5, 5.41) is 5.30. The van der Waals surface area contributed by atoms with Gasteiger partial charge in [0.05, 0.1) is 0 Å². The summed E-state index contributed by atoms with van der Waals surface area (Å²) in [7, 11) is 0. The summed E-state index contributed by atoms with van der Waals surface area (Å²) in [6.45, 7) is 4.33. The van der Waals surface area contributed by atoms with Crippen molar-refractivity contribution >= 4 is 11.9 Å². The number of nitrogens with zero attached hydrogens (tertiary/aromatic N) is 1. The van der Waals surface area contributed by atoms with E-state index >= 15 is 0 Å². The molecule has 3 amide bonds. The standard InChI is InChI=1S/C12H19N3O2/c1-7(2)15-8-4-3-5-9(15)12(6-8)10(16)13-11(17)14-12/h7-9H,3-6H2,1-2H3,(H2,13,14,16,17)/t8-,9+,12+/m1/s1. The molecule has 3 rings (SSSR count). The fourth-order valence-electron chi connectivity index (χ4n) is 3.98. The summed E-state index contributed by atoms with van der Waals surface area (Å²) in [6.07, 6.45) is 4.07. The van der Waals surface area contributed by atoms with E-state index in [9.17, 15) is 9.59 Å². The number of fused-ring (bicyclic) bond motifs is 3. The van der Waals surface area contributed by atoms with Crippen LogP contribution in [0, 0.1) is 0 Å². The predicted molar refractivity (Wildman–Crippen MR) is 62.4 cm³/mol. The Balaban J connectivity index is 1.98. The lowest BCUT2D eigenvalue weighted by Gasteiger charge is -2.40. The van der Waals surface area contributed by atoms with Crippen LogP contribution in [0.3, 0.4) is 0 Å². The first-order valence-electron chi connectivity index (χ1n) is 6.45. The van der Waals surface area contributed by atoms with Gasteiger partial charge in [-0.1, -0.05) is 6.42 Å². The highest BCUT2D eigenvalue weighted by Crippen LogP contribution is 2.44. The maximum atomic E-state index is 12.1. The molecule has 0 radical (unpaired) electrons. The lowest BCUT2D eigenvalue weighted by Crippen LogP contribution is -2.58. The molecule has 3 fully saturated rings. The Morgan fingerprint density at radius 2 is 2.12 bits per heavy atom. The molecular formula is C12H19N3O2. The van der Waals surface area contributed by atoms with Crippen LogP contribution in [0.5, 0.6) is 0 Å². The van der Waals surface area contributed by atoms with Gasteiger partial charge in [-0.15, -0.1) is 0 Å². The Morgan fingerprint density at radius 3 is 2.65 bits per heavy atom.